The third-order valence-corrected chi connectivity index (χ3v) is 5.85. The number of benzene rings is 2. The summed E-state index contributed by atoms with van der Waals surface area (Å²) < 4.78 is 18.8. The molecule has 1 fully saturated rings. The zero-order valence-electron chi connectivity index (χ0n) is 17.5. The van der Waals surface area contributed by atoms with Crippen LogP contribution in [0.4, 0.5) is 4.39 Å². The lowest BCUT2D eigenvalue weighted by Crippen LogP contribution is -2.45. The van der Waals surface area contributed by atoms with Gasteiger partial charge in [0.15, 0.2) is 5.69 Å². The predicted octanol–water partition coefficient (Wildman–Crippen LogP) is 5.15. The fourth-order valence-electron chi connectivity index (χ4n) is 3.75. The van der Waals surface area contributed by atoms with E-state index >= 15 is 0 Å². The molecule has 0 spiro atoms. The number of halogens is 3. The van der Waals surface area contributed by atoms with Crippen LogP contribution < -0.4 is 10.2 Å². The molecule has 33 heavy (non-hydrogen) atoms. The fraction of sp³-hybridized carbons (Fsp3) is 0.261. The van der Waals surface area contributed by atoms with Crippen LogP contribution >= 0.6 is 23.2 Å². The van der Waals surface area contributed by atoms with E-state index in [9.17, 15) is 14.4 Å². The van der Waals surface area contributed by atoms with E-state index in [2.05, 4.69) is 16.6 Å². The SMILES string of the molecule is N#Cc1c(C(=O)NN2CCCCC2)nn(-c2ccc(Cl)cc2Cl)c1-c1ccc(OCF)cc1. The molecule has 0 unspecified atom stereocenters. The van der Waals surface area contributed by atoms with Crippen LogP contribution in [0, 0.1) is 11.3 Å². The molecule has 2 heterocycles. The normalized spacial score (nSPS) is 14.0. The number of alkyl halides is 1. The topological polar surface area (TPSA) is 83.2 Å². The number of amides is 1. The molecular weight excluding hydrogens is 468 g/mol. The monoisotopic (exact) mass is 487 g/mol. The maximum Gasteiger partial charge on any atom is 0.287 e. The van der Waals surface area contributed by atoms with Crippen molar-refractivity contribution in [2.45, 2.75) is 19.3 Å². The molecule has 0 saturated carbocycles. The third-order valence-electron chi connectivity index (χ3n) is 5.31. The van der Waals surface area contributed by atoms with E-state index in [0.29, 0.717) is 32.7 Å². The van der Waals surface area contributed by atoms with E-state index in [-0.39, 0.29) is 11.3 Å². The lowest BCUT2D eigenvalue weighted by molar-refractivity contribution is 0.0744. The van der Waals surface area contributed by atoms with Crippen molar-refractivity contribution in [3.05, 3.63) is 63.8 Å². The van der Waals surface area contributed by atoms with Crippen LogP contribution in [-0.4, -0.2) is 40.6 Å². The van der Waals surface area contributed by atoms with Gasteiger partial charge in [-0.1, -0.05) is 29.6 Å². The van der Waals surface area contributed by atoms with Crippen LogP contribution in [0.25, 0.3) is 16.9 Å². The summed E-state index contributed by atoms with van der Waals surface area (Å²) in [5, 5.41) is 17.1. The van der Waals surface area contributed by atoms with Gasteiger partial charge in [-0.05, 0) is 55.3 Å². The van der Waals surface area contributed by atoms with Gasteiger partial charge in [0, 0.05) is 23.7 Å². The first-order chi connectivity index (χ1) is 16.0. The number of ether oxygens (including phenoxy) is 1. The Bertz CT molecular complexity index is 1200. The molecule has 1 N–H and O–H groups in total. The Morgan fingerprint density at radius 2 is 1.88 bits per heavy atom. The van der Waals surface area contributed by atoms with Gasteiger partial charge < -0.3 is 4.74 Å². The minimum absolute atomic E-state index is 0.0202. The predicted molar refractivity (Wildman–Crippen MR) is 123 cm³/mol. The molecule has 0 aliphatic carbocycles. The number of nitriles is 1. The molecule has 0 bridgehead atoms. The van der Waals surface area contributed by atoms with Crippen LogP contribution in [0.15, 0.2) is 42.5 Å². The molecule has 170 valence electrons. The minimum atomic E-state index is -0.956. The summed E-state index contributed by atoms with van der Waals surface area (Å²) in [4.78, 5) is 13.1. The molecule has 1 aliphatic heterocycles. The molecule has 10 heteroatoms. The Hall–Kier alpha value is -3.12. The number of nitrogens with zero attached hydrogens (tertiary/aromatic N) is 4. The average molecular weight is 488 g/mol. The van der Waals surface area contributed by atoms with Crippen molar-refractivity contribution in [3.63, 3.8) is 0 Å². The van der Waals surface area contributed by atoms with Gasteiger partial charge in [-0.25, -0.2) is 14.1 Å². The molecule has 1 saturated heterocycles. The highest BCUT2D eigenvalue weighted by molar-refractivity contribution is 6.35. The van der Waals surface area contributed by atoms with Crippen molar-refractivity contribution in [1.82, 2.24) is 20.2 Å². The van der Waals surface area contributed by atoms with Gasteiger partial charge in [0.05, 0.1) is 16.4 Å². The highest BCUT2D eigenvalue weighted by Gasteiger charge is 2.27. The van der Waals surface area contributed by atoms with E-state index < -0.39 is 12.8 Å². The first-order valence-electron chi connectivity index (χ1n) is 10.4. The van der Waals surface area contributed by atoms with Crippen molar-refractivity contribution >= 4 is 29.1 Å². The highest BCUT2D eigenvalue weighted by Crippen LogP contribution is 2.33. The van der Waals surface area contributed by atoms with Crippen molar-refractivity contribution in [3.8, 4) is 28.8 Å². The first kappa shape index (κ1) is 23.1. The van der Waals surface area contributed by atoms with E-state index in [1.165, 1.54) is 4.68 Å². The number of piperidine rings is 1. The Morgan fingerprint density at radius 3 is 2.52 bits per heavy atom. The summed E-state index contributed by atoms with van der Waals surface area (Å²) in [7, 11) is 0. The number of hydrogen-bond acceptors (Lipinski definition) is 5. The van der Waals surface area contributed by atoms with Crippen molar-refractivity contribution in [2.24, 2.45) is 0 Å². The first-order valence-corrected chi connectivity index (χ1v) is 11.1. The summed E-state index contributed by atoms with van der Waals surface area (Å²) in [6.07, 6.45) is 3.09. The molecule has 2 aromatic carbocycles. The molecule has 3 aromatic rings. The van der Waals surface area contributed by atoms with Gasteiger partial charge in [0.1, 0.15) is 17.4 Å². The number of carbonyl (C=O) groups excluding carboxylic acids is 1. The third kappa shape index (κ3) is 4.96. The van der Waals surface area contributed by atoms with Gasteiger partial charge >= 0.3 is 0 Å². The standard InChI is InChI=1S/C23H20Cl2FN5O2/c24-16-6-9-20(19(25)12-16)31-22(15-4-7-17(8-5-15)33-14-26)18(13-27)21(28-31)23(32)29-30-10-2-1-3-11-30/h4-9,12H,1-3,10-11,14H2,(H,29,32). The number of hydrogen-bond donors (Lipinski definition) is 1. The van der Waals surface area contributed by atoms with Crippen molar-refractivity contribution < 1.29 is 13.9 Å². The number of hydrazine groups is 1. The van der Waals surface area contributed by atoms with Gasteiger partial charge in [-0.3, -0.25) is 10.2 Å². The molecular formula is C23H20Cl2FN5O2. The second kappa shape index (κ2) is 10.2. The van der Waals surface area contributed by atoms with Crippen LogP contribution in [0.2, 0.25) is 10.0 Å². The average Bonchev–Trinajstić information content (AvgIpc) is 3.20. The summed E-state index contributed by atoms with van der Waals surface area (Å²) >= 11 is 12.5. The number of carbonyl (C=O) groups is 1. The molecule has 0 radical (unpaired) electrons. The van der Waals surface area contributed by atoms with Gasteiger partial charge in [0.25, 0.3) is 5.91 Å². The van der Waals surface area contributed by atoms with E-state index in [1.54, 1.807) is 42.5 Å². The zero-order chi connectivity index (χ0) is 23.4. The van der Waals surface area contributed by atoms with Crippen LogP contribution in [0.5, 0.6) is 5.75 Å². The lowest BCUT2D eigenvalue weighted by Gasteiger charge is -2.26. The van der Waals surface area contributed by atoms with E-state index in [4.69, 9.17) is 27.9 Å². The molecule has 4 rings (SSSR count). The maximum absolute atomic E-state index is 13.1. The summed E-state index contributed by atoms with van der Waals surface area (Å²) in [5.74, 6) is -0.144. The van der Waals surface area contributed by atoms with Gasteiger partial charge in [-0.15, -0.1) is 0 Å². The summed E-state index contributed by atoms with van der Waals surface area (Å²) in [5.41, 5.74) is 4.33. The zero-order valence-corrected chi connectivity index (χ0v) is 19.0. The summed E-state index contributed by atoms with van der Waals surface area (Å²) in [6.45, 7) is 0.516. The van der Waals surface area contributed by atoms with E-state index in [0.717, 1.165) is 32.4 Å². The second-order valence-electron chi connectivity index (χ2n) is 7.46. The van der Waals surface area contributed by atoms with Crippen molar-refractivity contribution in [1.29, 1.82) is 5.26 Å². The minimum Gasteiger partial charge on any atom is -0.463 e. The quantitative estimate of drug-likeness (QED) is 0.519. The van der Waals surface area contributed by atoms with Crippen LogP contribution in [0.1, 0.15) is 35.3 Å². The van der Waals surface area contributed by atoms with Crippen LogP contribution in [-0.2, 0) is 0 Å². The smallest absolute Gasteiger partial charge is 0.287 e. The Balaban J connectivity index is 1.83. The van der Waals surface area contributed by atoms with Gasteiger partial charge in [-0.2, -0.15) is 10.4 Å². The maximum atomic E-state index is 13.1. The van der Waals surface area contributed by atoms with E-state index in [1.807, 2.05) is 5.01 Å². The Labute approximate surface area is 200 Å². The second-order valence-corrected chi connectivity index (χ2v) is 8.30. The number of rotatable bonds is 6. The largest absolute Gasteiger partial charge is 0.463 e. The Kier molecular flexibility index (Phi) is 7.14. The lowest BCUT2D eigenvalue weighted by atomic mass is 10.1. The number of nitrogens with one attached hydrogen (secondary N) is 1. The summed E-state index contributed by atoms with van der Waals surface area (Å²) in [6, 6.07) is 13.5. The molecule has 7 nitrogen and oxygen atoms in total. The molecule has 1 aromatic heterocycles. The molecule has 1 aliphatic rings. The molecule has 1 amide bonds. The Morgan fingerprint density at radius 1 is 1.15 bits per heavy atom. The van der Waals surface area contributed by atoms with Crippen molar-refractivity contribution in [2.75, 3.05) is 20.0 Å². The highest BCUT2D eigenvalue weighted by atomic mass is 35.5. The number of aromatic nitrogens is 2. The van der Waals surface area contributed by atoms with Gasteiger partial charge in [0.2, 0.25) is 6.86 Å². The molecule has 0 atom stereocenters. The fourth-order valence-corrected chi connectivity index (χ4v) is 4.24. The van der Waals surface area contributed by atoms with Crippen LogP contribution in [0.3, 0.4) is 0 Å².